The van der Waals surface area contributed by atoms with E-state index in [0.717, 1.165) is 12.0 Å². The maximum atomic E-state index is 11.8. The van der Waals surface area contributed by atoms with Crippen molar-refractivity contribution in [1.29, 1.82) is 0 Å². The highest BCUT2D eigenvalue weighted by Crippen LogP contribution is 2.10. The minimum Gasteiger partial charge on any atom is -0.381 e. The first-order valence-electron chi connectivity index (χ1n) is 5.32. The van der Waals surface area contributed by atoms with Crippen LogP contribution in [0.1, 0.15) is 36.2 Å². The highest BCUT2D eigenvalue weighted by atomic mass is 16.5. The zero-order valence-electron chi connectivity index (χ0n) is 9.62. The topological polar surface area (TPSA) is 26.3 Å². The van der Waals surface area contributed by atoms with Crippen LogP contribution < -0.4 is 0 Å². The van der Waals surface area contributed by atoms with E-state index in [9.17, 15) is 4.79 Å². The molecule has 1 atom stereocenters. The minimum absolute atomic E-state index is 0.0113. The molecule has 0 aliphatic heterocycles. The van der Waals surface area contributed by atoms with Gasteiger partial charge in [-0.2, -0.15) is 0 Å². The predicted molar refractivity (Wildman–Crippen MR) is 61.2 cm³/mol. The van der Waals surface area contributed by atoms with Crippen LogP contribution in [0.5, 0.6) is 0 Å². The standard InChI is InChI=1S/C13H18O2/c1-4-11-6-5-7-12(9-11)13(14)8-10(2)15-3/h5-7,9-10H,4,8H2,1-3H3. The second kappa shape index (κ2) is 5.66. The molecule has 1 rings (SSSR count). The largest absolute Gasteiger partial charge is 0.381 e. The van der Waals surface area contributed by atoms with Gasteiger partial charge in [0.2, 0.25) is 0 Å². The molecule has 0 amide bonds. The third kappa shape index (κ3) is 3.48. The van der Waals surface area contributed by atoms with Gasteiger partial charge in [-0.25, -0.2) is 0 Å². The molecule has 0 aliphatic rings. The van der Waals surface area contributed by atoms with Gasteiger partial charge >= 0.3 is 0 Å². The Hall–Kier alpha value is -1.15. The molecule has 15 heavy (non-hydrogen) atoms. The van der Waals surface area contributed by atoms with E-state index in [1.54, 1.807) is 7.11 Å². The molecule has 0 bridgehead atoms. The molecule has 2 nitrogen and oxygen atoms in total. The third-order valence-electron chi connectivity index (χ3n) is 2.53. The maximum absolute atomic E-state index is 11.8. The molecule has 1 aromatic rings. The van der Waals surface area contributed by atoms with Gasteiger partial charge in [-0.15, -0.1) is 0 Å². The van der Waals surface area contributed by atoms with Crippen molar-refractivity contribution in [2.45, 2.75) is 32.8 Å². The molecule has 1 aromatic carbocycles. The van der Waals surface area contributed by atoms with E-state index < -0.39 is 0 Å². The zero-order chi connectivity index (χ0) is 11.3. The van der Waals surface area contributed by atoms with E-state index in [0.29, 0.717) is 6.42 Å². The van der Waals surface area contributed by atoms with Crippen molar-refractivity contribution in [3.8, 4) is 0 Å². The van der Waals surface area contributed by atoms with Crippen LogP contribution in [-0.2, 0) is 11.2 Å². The number of aryl methyl sites for hydroxylation is 1. The van der Waals surface area contributed by atoms with Crippen molar-refractivity contribution in [3.63, 3.8) is 0 Å². The van der Waals surface area contributed by atoms with Gasteiger partial charge in [0.05, 0.1) is 6.10 Å². The van der Waals surface area contributed by atoms with Crippen LogP contribution >= 0.6 is 0 Å². The molecule has 0 radical (unpaired) electrons. The second-order valence-electron chi connectivity index (χ2n) is 3.73. The van der Waals surface area contributed by atoms with E-state index in [1.807, 2.05) is 31.2 Å². The molecule has 82 valence electrons. The quantitative estimate of drug-likeness (QED) is 0.692. The van der Waals surface area contributed by atoms with Crippen LogP contribution in [0.2, 0.25) is 0 Å². The van der Waals surface area contributed by atoms with E-state index in [1.165, 1.54) is 5.56 Å². The van der Waals surface area contributed by atoms with Crippen LogP contribution in [0.15, 0.2) is 24.3 Å². The van der Waals surface area contributed by atoms with E-state index >= 15 is 0 Å². The van der Waals surface area contributed by atoms with Crippen LogP contribution in [0.3, 0.4) is 0 Å². The number of Topliss-reactive ketones (excluding diaryl/α,β-unsaturated/α-hetero) is 1. The highest BCUT2D eigenvalue weighted by molar-refractivity contribution is 5.96. The molecule has 0 spiro atoms. The Labute approximate surface area is 91.3 Å². The average molecular weight is 206 g/mol. The Morgan fingerprint density at radius 3 is 2.80 bits per heavy atom. The lowest BCUT2D eigenvalue weighted by Crippen LogP contribution is -2.12. The van der Waals surface area contributed by atoms with Crippen molar-refractivity contribution in [1.82, 2.24) is 0 Å². The lowest BCUT2D eigenvalue weighted by atomic mass is 10.0. The normalized spacial score (nSPS) is 12.5. The molecular weight excluding hydrogens is 188 g/mol. The Kier molecular flexibility index (Phi) is 4.50. The lowest BCUT2D eigenvalue weighted by Gasteiger charge is -2.08. The smallest absolute Gasteiger partial charge is 0.165 e. The SMILES string of the molecule is CCc1cccc(C(=O)CC(C)OC)c1. The van der Waals surface area contributed by atoms with Gasteiger partial charge < -0.3 is 4.74 Å². The summed E-state index contributed by atoms with van der Waals surface area (Å²) in [7, 11) is 1.63. The number of ketones is 1. The molecule has 0 saturated heterocycles. The minimum atomic E-state index is -0.0113. The summed E-state index contributed by atoms with van der Waals surface area (Å²) in [5.74, 6) is 0.152. The molecule has 0 heterocycles. The zero-order valence-corrected chi connectivity index (χ0v) is 9.62. The van der Waals surface area contributed by atoms with Gasteiger partial charge in [0.1, 0.15) is 0 Å². The number of hydrogen-bond donors (Lipinski definition) is 0. The first-order valence-corrected chi connectivity index (χ1v) is 5.32. The van der Waals surface area contributed by atoms with E-state index in [4.69, 9.17) is 4.74 Å². The van der Waals surface area contributed by atoms with E-state index in [2.05, 4.69) is 6.92 Å². The summed E-state index contributed by atoms with van der Waals surface area (Å²) in [4.78, 5) is 11.8. The lowest BCUT2D eigenvalue weighted by molar-refractivity contribution is 0.0792. The number of hydrogen-bond acceptors (Lipinski definition) is 2. The number of ether oxygens (including phenoxy) is 1. The summed E-state index contributed by atoms with van der Waals surface area (Å²) in [6, 6.07) is 7.80. The monoisotopic (exact) mass is 206 g/mol. The van der Waals surface area contributed by atoms with Gasteiger partial charge in [-0.05, 0) is 25.0 Å². The fraction of sp³-hybridized carbons (Fsp3) is 0.462. The van der Waals surface area contributed by atoms with Crippen molar-refractivity contribution in [3.05, 3.63) is 35.4 Å². The Bertz CT molecular complexity index is 331. The summed E-state index contributed by atoms with van der Waals surface area (Å²) in [5, 5.41) is 0. The summed E-state index contributed by atoms with van der Waals surface area (Å²) >= 11 is 0. The van der Waals surface area contributed by atoms with Crippen LogP contribution in [-0.4, -0.2) is 19.0 Å². The number of carbonyl (C=O) groups excluding carboxylic acids is 1. The highest BCUT2D eigenvalue weighted by Gasteiger charge is 2.10. The number of carbonyl (C=O) groups is 1. The fourth-order valence-corrected chi connectivity index (χ4v) is 1.43. The first-order chi connectivity index (χ1) is 7.17. The van der Waals surface area contributed by atoms with Crippen LogP contribution in [0, 0.1) is 0 Å². The van der Waals surface area contributed by atoms with Gasteiger partial charge in [-0.3, -0.25) is 4.79 Å². The van der Waals surface area contributed by atoms with Crippen LogP contribution in [0.25, 0.3) is 0 Å². The fourth-order valence-electron chi connectivity index (χ4n) is 1.43. The summed E-state index contributed by atoms with van der Waals surface area (Å²) in [6.45, 7) is 3.99. The van der Waals surface area contributed by atoms with Gasteiger partial charge in [-0.1, -0.05) is 25.1 Å². The average Bonchev–Trinajstić information content (AvgIpc) is 2.28. The number of benzene rings is 1. The molecule has 0 saturated carbocycles. The van der Waals surface area contributed by atoms with Crippen molar-refractivity contribution in [2.24, 2.45) is 0 Å². The Balaban J connectivity index is 2.73. The Morgan fingerprint density at radius 1 is 1.47 bits per heavy atom. The Morgan fingerprint density at radius 2 is 2.20 bits per heavy atom. The van der Waals surface area contributed by atoms with Crippen molar-refractivity contribution < 1.29 is 9.53 Å². The molecule has 2 heteroatoms. The van der Waals surface area contributed by atoms with Crippen molar-refractivity contribution in [2.75, 3.05) is 7.11 Å². The molecule has 0 aromatic heterocycles. The summed E-state index contributed by atoms with van der Waals surface area (Å²) in [6.07, 6.45) is 1.40. The summed E-state index contributed by atoms with van der Waals surface area (Å²) in [5.41, 5.74) is 1.99. The maximum Gasteiger partial charge on any atom is 0.165 e. The van der Waals surface area contributed by atoms with Gasteiger partial charge in [0.25, 0.3) is 0 Å². The molecule has 0 fully saturated rings. The number of methoxy groups -OCH3 is 1. The second-order valence-corrected chi connectivity index (χ2v) is 3.73. The van der Waals surface area contributed by atoms with Crippen LogP contribution in [0.4, 0.5) is 0 Å². The number of rotatable bonds is 5. The van der Waals surface area contributed by atoms with Gasteiger partial charge in [0.15, 0.2) is 5.78 Å². The molecule has 1 unspecified atom stereocenters. The van der Waals surface area contributed by atoms with Crippen molar-refractivity contribution >= 4 is 5.78 Å². The molecular formula is C13H18O2. The summed E-state index contributed by atoms with van der Waals surface area (Å²) < 4.78 is 5.08. The predicted octanol–water partition coefficient (Wildman–Crippen LogP) is 2.86. The first kappa shape index (κ1) is 11.9. The molecule has 0 aliphatic carbocycles. The van der Waals surface area contributed by atoms with E-state index in [-0.39, 0.29) is 11.9 Å². The molecule has 0 N–H and O–H groups in total. The third-order valence-corrected chi connectivity index (χ3v) is 2.53. The van der Waals surface area contributed by atoms with Gasteiger partial charge in [0, 0.05) is 19.1 Å².